The number of carbonyl (C=O) groups excluding carboxylic acids is 1. The van der Waals surface area contributed by atoms with Crippen LogP contribution < -0.4 is 5.56 Å². The van der Waals surface area contributed by atoms with Crippen LogP contribution in [0.1, 0.15) is 35.6 Å². The number of halogens is 1. The van der Waals surface area contributed by atoms with Crippen LogP contribution in [0.3, 0.4) is 0 Å². The molecular formula is C22H23ClN2O2. The molecule has 0 aliphatic heterocycles. The van der Waals surface area contributed by atoms with Crippen molar-refractivity contribution in [1.82, 2.24) is 9.88 Å². The molecule has 0 aliphatic rings. The number of aryl methyl sites for hydroxylation is 2. The minimum atomic E-state index is -0.164. The molecule has 27 heavy (non-hydrogen) atoms. The number of aromatic amines is 1. The first-order valence-electron chi connectivity index (χ1n) is 9.03. The fourth-order valence-corrected chi connectivity index (χ4v) is 3.54. The molecule has 1 amide bonds. The highest BCUT2D eigenvalue weighted by Crippen LogP contribution is 2.21. The summed E-state index contributed by atoms with van der Waals surface area (Å²) in [6.07, 6.45) is 0.369. The summed E-state index contributed by atoms with van der Waals surface area (Å²) in [7, 11) is 0. The minimum absolute atomic E-state index is 0.0187. The van der Waals surface area contributed by atoms with Crippen molar-refractivity contribution in [3.63, 3.8) is 0 Å². The van der Waals surface area contributed by atoms with Gasteiger partial charge in [0.15, 0.2) is 0 Å². The van der Waals surface area contributed by atoms with E-state index in [4.69, 9.17) is 11.6 Å². The Hall–Kier alpha value is -2.59. The van der Waals surface area contributed by atoms with E-state index in [1.165, 1.54) is 0 Å². The van der Waals surface area contributed by atoms with Gasteiger partial charge in [0.2, 0.25) is 5.91 Å². The molecule has 5 heteroatoms. The van der Waals surface area contributed by atoms with Gasteiger partial charge in [0.1, 0.15) is 0 Å². The van der Waals surface area contributed by atoms with E-state index in [-0.39, 0.29) is 18.0 Å². The van der Waals surface area contributed by atoms with Crippen LogP contribution in [0.15, 0.2) is 47.3 Å². The molecule has 1 heterocycles. The van der Waals surface area contributed by atoms with Gasteiger partial charge in [0.05, 0.1) is 12.1 Å². The standard InChI is InChI=1S/C22H23ClN2O2/c1-4-20(26)25(12-16-7-5-6-8-19(16)23)13-18-11-17-10-14(2)9-15(3)21(17)24-22(18)27/h5-11H,4,12-13H2,1-3H3,(H,24,27). The van der Waals surface area contributed by atoms with Gasteiger partial charge < -0.3 is 9.88 Å². The van der Waals surface area contributed by atoms with E-state index >= 15 is 0 Å². The number of fused-ring (bicyclic) bond motifs is 1. The van der Waals surface area contributed by atoms with Crippen molar-refractivity contribution in [2.45, 2.75) is 40.3 Å². The summed E-state index contributed by atoms with van der Waals surface area (Å²) in [4.78, 5) is 29.8. The molecule has 3 rings (SSSR count). The van der Waals surface area contributed by atoms with Gasteiger partial charge in [-0.1, -0.05) is 48.4 Å². The summed E-state index contributed by atoms with van der Waals surface area (Å²) in [6, 6.07) is 13.4. The zero-order chi connectivity index (χ0) is 19.6. The third-order valence-corrected chi connectivity index (χ3v) is 5.07. The van der Waals surface area contributed by atoms with Crippen LogP contribution in [-0.2, 0) is 17.9 Å². The van der Waals surface area contributed by atoms with Crippen molar-refractivity contribution in [1.29, 1.82) is 0 Å². The average Bonchev–Trinajstić information content (AvgIpc) is 2.63. The first-order valence-corrected chi connectivity index (χ1v) is 9.41. The van der Waals surface area contributed by atoms with Gasteiger partial charge in [-0.25, -0.2) is 0 Å². The van der Waals surface area contributed by atoms with E-state index < -0.39 is 0 Å². The molecule has 4 nitrogen and oxygen atoms in total. The molecule has 0 saturated heterocycles. The van der Waals surface area contributed by atoms with Crippen molar-refractivity contribution in [3.05, 3.63) is 80.1 Å². The number of nitrogens with one attached hydrogen (secondary N) is 1. The van der Waals surface area contributed by atoms with Gasteiger partial charge in [0.25, 0.3) is 5.56 Å². The number of rotatable bonds is 5. The Morgan fingerprint density at radius 2 is 1.78 bits per heavy atom. The number of hydrogen-bond donors (Lipinski definition) is 1. The third-order valence-electron chi connectivity index (χ3n) is 4.71. The monoisotopic (exact) mass is 382 g/mol. The minimum Gasteiger partial charge on any atom is -0.334 e. The second kappa shape index (κ2) is 7.97. The highest BCUT2D eigenvalue weighted by Gasteiger charge is 2.16. The molecule has 0 radical (unpaired) electrons. The molecule has 0 atom stereocenters. The molecule has 0 bridgehead atoms. The summed E-state index contributed by atoms with van der Waals surface area (Å²) in [6.45, 7) is 6.45. The maximum absolute atomic E-state index is 12.6. The number of carbonyl (C=O) groups is 1. The second-order valence-electron chi connectivity index (χ2n) is 6.86. The summed E-state index contributed by atoms with van der Waals surface area (Å²) in [5.41, 5.74) is 4.28. The largest absolute Gasteiger partial charge is 0.334 e. The Kier molecular flexibility index (Phi) is 5.66. The van der Waals surface area contributed by atoms with Crippen LogP contribution in [0.5, 0.6) is 0 Å². The van der Waals surface area contributed by atoms with Gasteiger partial charge in [-0.3, -0.25) is 9.59 Å². The molecule has 3 aromatic rings. The zero-order valence-electron chi connectivity index (χ0n) is 15.8. The molecular weight excluding hydrogens is 360 g/mol. The van der Waals surface area contributed by atoms with Crippen LogP contribution in [0.2, 0.25) is 5.02 Å². The number of benzene rings is 2. The van der Waals surface area contributed by atoms with E-state index in [1.54, 1.807) is 11.0 Å². The van der Waals surface area contributed by atoms with Gasteiger partial charge >= 0.3 is 0 Å². The van der Waals surface area contributed by atoms with Crippen molar-refractivity contribution in [2.24, 2.45) is 0 Å². The third kappa shape index (κ3) is 4.22. The Bertz CT molecular complexity index is 1060. The quantitative estimate of drug-likeness (QED) is 0.693. The number of pyridine rings is 1. The Morgan fingerprint density at radius 1 is 1.07 bits per heavy atom. The average molecular weight is 383 g/mol. The molecule has 2 aromatic carbocycles. The number of amides is 1. The highest BCUT2D eigenvalue weighted by atomic mass is 35.5. The maximum atomic E-state index is 12.6. The maximum Gasteiger partial charge on any atom is 0.253 e. The topological polar surface area (TPSA) is 53.2 Å². The van der Waals surface area contributed by atoms with E-state index in [9.17, 15) is 9.59 Å². The molecule has 0 saturated carbocycles. The van der Waals surface area contributed by atoms with E-state index in [0.717, 1.165) is 27.6 Å². The first-order chi connectivity index (χ1) is 12.9. The SMILES string of the molecule is CCC(=O)N(Cc1ccccc1Cl)Cc1cc2cc(C)cc(C)c2[nH]c1=O. The van der Waals surface area contributed by atoms with Gasteiger partial charge in [-0.2, -0.15) is 0 Å². The van der Waals surface area contributed by atoms with Crippen LogP contribution in [0.25, 0.3) is 10.9 Å². The van der Waals surface area contributed by atoms with Gasteiger partial charge in [0, 0.05) is 23.6 Å². The number of H-pyrrole nitrogens is 1. The predicted octanol–water partition coefficient (Wildman–Crippen LogP) is 4.74. The van der Waals surface area contributed by atoms with Gasteiger partial charge in [-0.05, 0) is 48.6 Å². The molecule has 0 unspecified atom stereocenters. The molecule has 0 aliphatic carbocycles. The van der Waals surface area contributed by atoms with Crippen molar-refractivity contribution in [2.75, 3.05) is 0 Å². The number of hydrogen-bond acceptors (Lipinski definition) is 2. The zero-order valence-corrected chi connectivity index (χ0v) is 16.6. The summed E-state index contributed by atoms with van der Waals surface area (Å²) >= 11 is 6.26. The summed E-state index contributed by atoms with van der Waals surface area (Å²) in [5.74, 6) is -0.0187. The summed E-state index contributed by atoms with van der Waals surface area (Å²) in [5, 5.41) is 1.59. The summed E-state index contributed by atoms with van der Waals surface area (Å²) < 4.78 is 0. The predicted molar refractivity (Wildman–Crippen MR) is 110 cm³/mol. The van der Waals surface area contributed by atoms with Crippen LogP contribution in [-0.4, -0.2) is 15.8 Å². The smallest absolute Gasteiger partial charge is 0.253 e. The van der Waals surface area contributed by atoms with Crippen LogP contribution in [0, 0.1) is 13.8 Å². The van der Waals surface area contributed by atoms with Crippen LogP contribution in [0.4, 0.5) is 0 Å². The Balaban J connectivity index is 1.98. The lowest BCUT2D eigenvalue weighted by Gasteiger charge is -2.23. The van der Waals surface area contributed by atoms with E-state index in [0.29, 0.717) is 23.6 Å². The van der Waals surface area contributed by atoms with E-state index in [1.807, 2.05) is 57.2 Å². The molecule has 1 aromatic heterocycles. The second-order valence-corrected chi connectivity index (χ2v) is 7.27. The van der Waals surface area contributed by atoms with Crippen molar-refractivity contribution in [3.8, 4) is 0 Å². The number of aromatic nitrogens is 1. The fraction of sp³-hybridized carbons (Fsp3) is 0.273. The lowest BCUT2D eigenvalue weighted by molar-refractivity contribution is -0.132. The Labute approximate surface area is 163 Å². The van der Waals surface area contributed by atoms with Crippen molar-refractivity contribution < 1.29 is 4.79 Å². The molecule has 1 N–H and O–H groups in total. The van der Waals surface area contributed by atoms with Gasteiger partial charge in [-0.15, -0.1) is 0 Å². The normalized spacial score (nSPS) is 11.0. The lowest BCUT2D eigenvalue weighted by Crippen LogP contribution is -2.32. The fourth-order valence-electron chi connectivity index (χ4n) is 3.34. The Morgan fingerprint density at radius 3 is 2.48 bits per heavy atom. The van der Waals surface area contributed by atoms with Crippen LogP contribution >= 0.6 is 11.6 Å². The molecule has 0 fully saturated rings. The highest BCUT2D eigenvalue weighted by molar-refractivity contribution is 6.31. The lowest BCUT2D eigenvalue weighted by atomic mass is 10.0. The molecule has 140 valence electrons. The van der Waals surface area contributed by atoms with Crippen molar-refractivity contribution >= 4 is 28.4 Å². The van der Waals surface area contributed by atoms with E-state index in [2.05, 4.69) is 4.98 Å². The number of nitrogens with zero attached hydrogens (tertiary/aromatic N) is 1. The first kappa shape index (κ1) is 19.2. The molecule has 0 spiro atoms.